The summed E-state index contributed by atoms with van der Waals surface area (Å²) in [6, 6.07) is 39.6. The van der Waals surface area contributed by atoms with E-state index in [1.807, 2.05) is 0 Å². The van der Waals surface area contributed by atoms with Gasteiger partial charge in [0.05, 0.1) is 0 Å². The molecule has 0 spiro atoms. The number of benzene rings is 6. The Kier molecular flexibility index (Phi) is 10.7. The van der Waals surface area contributed by atoms with E-state index in [4.69, 9.17) is 0 Å². The molecule has 2 unspecified atom stereocenters. The van der Waals surface area contributed by atoms with Crippen LogP contribution in [0.25, 0.3) is 45.5 Å². The van der Waals surface area contributed by atoms with Crippen molar-refractivity contribution < 1.29 is 16.4 Å². The van der Waals surface area contributed by atoms with E-state index in [9.17, 15) is 17.0 Å². The van der Waals surface area contributed by atoms with Crippen LogP contribution in [0.15, 0.2) is 114 Å². The first-order valence-electron chi connectivity index (χ1n) is 22.2. The molecule has 0 fully saturated rings. The van der Waals surface area contributed by atoms with Crippen LogP contribution in [-0.4, -0.2) is 9.52 Å². The minimum absolute atomic E-state index is 0.0966. The number of fused-ring (bicyclic) bond motifs is 5. The zero-order valence-electron chi connectivity index (χ0n) is 37.2. The van der Waals surface area contributed by atoms with E-state index in [0.717, 1.165) is 12.8 Å². The van der Waals surface area contributed by atoms with Crippen LogP contribution in [-0.2, 0) is 16.4 Å². The number of hydrogen-bond donors (Lipinski definition) is 0. The summed E-state index contributed by atoms with van der Waals surface area (Å²) in [5, 5.41) is 2.98. The summed E-state index contributed by atoms with van der Waals surface area (Å²) in [6.07, 6.45) is 7.00. The van der Waals surface area contributed by atoms with Gasteiger partial charge in [0.15, 0.2) is 0 Å². The van der Waals surface area contributed by atoms with Crippen molar-refractivity contribution in [3.63, 3.8) is 0 Å². The molecule has 4 heteroatoms. The van der Waals surface area contributed by atoms with Crippen molar-refractivity contribution in [3.8, 4) is 33.4 Å². The molecule has 2 atom stereocenters. The quantitative estimate of drug-likeness (QED) is 0.127. The average molecular weight is 922 g/mol. The van der Waals surface area contributed by atoms with Gasteiger partial charge in [0.1, 0.15) is 0 Å². The molecule has 60 heavy (non-hydrogen) atoms. The predicted molar refractivity (Wildman–Crippen MR) is 264 cm³/mol. The van der Waals surface area contributed by atoms with Gasteiger partial charge in [-0.1, -0.05) is 0 Å². The van der Waals surface area contributed by atoms with E-state index >= 15 is 0 Å². The molecule has 0 N–H and O–H groups in total. The van der Waals surface area contributed by atoms with E-state index in [1.54, 1.807) is 0 Å². The van der Waals surface area contributed by atoms with Crippen LogP contribution in [0.3, 0.4) is 0 Å². The van der Waals surface area contributed by atoms with Crippen molar-refractivity contribution in [2.24, 2.45) is 11.8 Å². The van der Waals surface area contributed by atoms with Gasteiger partial charge in [0.25, 0.3) is 0 Å². The van der Waals surface area contributed by atoms with Crippen molar-refractivity contribution in [3.05, 3.63) is 170 Å². The van der Waals surface area contributed by atoms with Crippen LogP contribution in [0, 0.1) is 53.4 Å². The van der Waals surface area contributed by atoms with Gasteiger partial charge in [0.2, 0.25) is 0 Å². The van der Waals surface area contributed by atoms with Crippen LogP contribution < -0.4 is 13.6 Å². The fourth-order valence-corrected chi connectivity index (χ4v) is 39.5. The molecule has 1 heterocycles. The first-order valence-corrected chi connectivity index (χ1v) is 34.0. The monoisotopic (exact) mass is 919 g/mol. The molecule has 0 saturated heterocycles. The van der Waals surface area contributed by atoms with Crippen LogP contribution in [0.5, 0.6) is 0 Å². The topological polar surface area (TPSA) is 0 Å². The first kappa shape index (κ1) is 41.8. The molecule has 0 nitrogen and oxygen atoms in total. The Morgan fingerprint density at radius 2 is 0.967 bits per heavy atom. The van der Waals surface area contributed by atoms with Gasteiger partial charge in [-0.3, -0.25) is 0 Å². The maximum atomic E-state index is 9.45. The van der Waals surface area contributed by atoms with Crippen LogP contribution in [0.2, 0.25) is 0 Å². The Bertz CT molecular complexity index is 2680. The average Bonchev–Trinajstić information content (AvgIpc) is 3.88. The Morgan fingerprint density at radius 1 is 0.517 bits per heavy atom. The van der Waals surface area contributed by atoms with Crippen molar-refractivity contribution in [2.45, 2.75) is 89.3 Å². The second kappa shape index (κ2) is 15.4. The van der Waals surface area contributed by atoms with Gasteiger partial charge in [-0.15, -0.1) is 0 Å². The Labute approximate surface area is 370 Å². The van der Waals surface area contributed by atoms with Gasteiger partial charge >= 0.3 is 373 Å². The summed E-state index contributed by atoms with van der Waals surface area (Å²) in [5.74, 6) is 0.875. The third-order valence-corrected chi connectivity index (χ3v) is 37.0. The molecular formula is C56H59Cl2SiZr. The summed E-state index contributed by atoms with van der Waals surface area (Å²) in [5.41, 5.74) is 24.0. The van der Waals surface area contributed by atoms with Gasteiger partial charge in [-0.2, -0.15) is 0 Å². The summed E-state index contributed by atoms with van der Waals surface area (Å²) >= 11 is -5.68. The second-order valence-corrected chi connectivity index (χ2v) is 41.9. The second-order valence-electron chi connectivity index (χ2n) is 19.4. The molecule has 0 radical (unpaired) electrons. The molecule has 1 aliphatic heterocycles. The Morgan fingerprint density at radius 3 is 1.47 bits per heavy atom. The van der Waals surface area contributed by atoms with Gasteiger partial charge < -0.3 is 0 Å². The van der Waals surface area contributed by atoms with E-state index in [-0.39, 0.29) is 7.25 Å². The molecule has 0 saturated carbocycles. The van der Waals surface area contributed by atoms with Crippen LogP contribution in [0.4, 0.5) is 0 Å². The molecule has 6 aromatic rings. The van der Waals surface area contributed by atoms with Gasteiger partial charge in [0, 0.05) is 0 Å². The molecule has 0 bridgehead atoms. The van der Waals surface area contributed by atoms with E-state index < -0.39 is 25.9 Å². The molecule has 305 valence electrons. The van der Waals surface area contributed by atoms with Gasteiger partial charge in [-0.25, -0.2) is 0 Å². The third-order valence-electron chi connectivity index (χ3n) is 14.2. The zero-order valence-corrected chi connectivity index (χ0v) is 42.5. The van der Waals surface area contributed by atoms with E-state index in [1.165, 1.54) is 114 Å². The summed E-state index contributed by atoms with van der Waals surface area (Å²) in [6.45, 7) is 23.0. The molecule has 2 aliphatic carbocycles. The normalized spacial score (nSPS) is 17.7. The molecule has 6 aromatic carbocycles. The summed E-state index contributed by atoms with van der Waals surface area (Å²) in [7, 11) is 18.0. The van der Waals surface area contributed by atoms with Crippen molar-refractivity contribution in [1.82, 2.24) is 0 Å². The molecule has 0 aromatic heterocycles. The van der Waals surface area contributed by atoms with Crippen molar-refractivity contribution >= 4 is 52.3 Å². The Balaban J connectivity index is 1.39. The number of aryl methyl sites for hydroxylation is 4. The maximum absolute atomic E-state index is 9.45. The Hall–Kier alpha value is -3.52. The van der Waals surface area contributed by atoms with Gasteiger partial charge in [-0.05, 0) is 0 Å². The standard InChI is InChI=1S/2C22H25.C12H9Si.2ClH.Zr/c2*1-14(2)9-18-12-19-7-6-8-20(22(19)13-18)21-11-15(3)10-16(4)17(21)5;1-3-7-11-9(5-1)10-6-2-4-8-12(10)13-11;;;/h2*6-8,10-14H,9H2,1-5H3;1-7H,13H2;2*1H;/q;;;;;+2/p-2. The zero-order chi connectivity index (χ0) is 42.4. The SMILES string of the molecule is Cc1cc(C)c(C)c(-c2cccc3c2C=C(CC(C)C)[CH]3[Zr]([Cl])([Cl])([c]2cccc3c2[SiH2]c2ccccc2-3)[CH]2C(CC(C)C)=Cc3c(-c4cc(C)cc(C)c4C)cccc32)c1. The number of allylic oxidation sites excluding steroid dienone is 2. The van der Waals surface area contributed by atoms with E-state index in [0.29, 0.717) is 11.8 Å². The fraction of sp³-hybridized carbons (Fsp3) is 0.286. The number of hydrogen-bond acceptors (Lipinski definition) is 0. The summed E-state index contributed by atoms with van der Waals surface area (Å²) < 4.78 is 1.11. The first-order chi connectivity index (χ1) is 28.6. The summed E-state index contributed by atoms with van der Waals surface area (Å²) in [4.78, 5) is 0. The fourth-order valence-electron chi connectivity index (χ4n) is 11.7. The van der Waals surface area contributed by atoms with Crippen molar-refractivity contribution in [1.29, 1.82) is 0 Å². The van der Waals surface area contributed by atoms with E-state index in [2.05, 4.69) is 185 Å². The van der Waals surface area contributed by atoms with Crippen LogP contribution in [0.1, 0.15) is 103 Å². The number of rotatable bonds is 9. The molecule has 9 rings (SSSR count). The molecule has 3 aliphatic rings. The molecular weight excluding hydrogens is 863 g/mol. The molecule has 0 amide bonds. The van der Waals surface area contributed by atoms with Crippen LogP contribution >= 0.6 is 17.0 Å². The predicted octanol–water partition coefficient (Wildman–Crippen LogP) is 14.0. The third kappa shape index (κ3) is 6.61. The number of halogens is 2. The van der Waals surface area contributed by atoms with Crippen molar-refractivity contribution in [2.75, 3.05) is 0 Å². The minimum atomic E-state index is -5.68.